The van der Waals surface area contributed by atoms with Gasteiger partial charge >= 0.3 is 5.97 Å². The predicted octanol–water partition coefficient (Wildman–Crippen LogP) is 0.205. The minimum absolute atomic E-state index is 0.205. The van der Waals surface area contributed by atoms with E-state index in [-0.39, 0.29) is 5.88 Å². The van der Waals surface area contributed by atoms with Crippen LogP contribution < -0.4 is 5.32 Å². The van der Waals surface area contributed by atoms with E-state index in [2.05, 4.69) is 5.32 Å². The van der Waals surface area contributed by atoms with E-state index in [1.165, 1.54) is 0 Å². The lowest BCUT2D eigenvalue weighted by atomic mass is 10.2. The fourth-order valence-corrected chi connectivity index (χ4v) is 0.648. The topological polar surface area (TPSA) is 66.4 Å². The molecule has 0 saturated heterocycles. The third-order valence-electron chi connectivity index (χ3n) is 1.16. The first-order valence-corrected chi connectivity index (χ1v) is 3.73. The second-order valence-corrected chi connectivity index (χ2v) is 2.27. The Morgan fingerprint density at radius 3 is 2.45 bits per heavy atom. The van der Waals surface area contributed by atoms with Crippen LogP contribution in [0.3, 0.4) is 0 Å². The molecule has 4 nitrogen and oxygen atoms in total. The Bertz CT molecular complexity index is 160. The van der Waals surface area contributed by atoms with Gasteiger partial charge in [0.2, 0.25) is 5.91 Å². The molecule has 0 heterocycles. The van der Waals surface area contributed by atoms with Crippen molar-refractivity contribution < 1.29 is 14.7 Å². The maximum Gasteiger partial charge on any atom is 0.326 e. The van der Waals surface area contributed by atoms with Crippen LogP contribution in [0, 0.1) is 0 Å². The molecule has 0 bridgehead atoms. The number of carbonyl (C=O) groups excluding carboxylic acids is 1. The first-order valence-electron chi connectivity index (χ1n) is 3.20. The number of hydrogen-bond donors (Lipinski definition) is 2. The normalized spacial score (nSPS) is 12.2. The van der Waals surface area contributed by atoms with Crippen molar-refractivity contribution in [2.75, 3.05) is 5.88 Å². The van der Waals surface area contributed by atoms with E-state index >= 15 is 0 Å². The van der Waals surface area contributed by atoms with Crippen molar-refractivity contribution in [2.45, 2.75) is 19.4 Å². The van der Waals surface area contributed by atoms with E-state index in [0.717, 1.165) is 0 Å². The Hall–Kier alpha value is -0.770. The van der Waals surface area contributed by atoms with Crippen LogP contribution >= 0.6 is 11.6 Å². The highest BCUT2D eigenvalue weighted by molar-refractivity contribution is 6.27. The Balaban J connectivity index is 3.88. The molecule has 2 N–H and O–H groups in total. The number of carbonyl (C=O) groups is 2. The van der Waals surface area contributed by atoms with E-state index in [9.17, 15) is 9.59 Å². The molecule has 64 valence electrons. The molecule has 0 rings (SSSR count). The van der Waals surface area contributed by atoms with Crippen molar-refractivity contribution in [3.8, 4) is 0 Å². The number of aliphatic carboxylic acids is 1. The lowest BCUT2D eigenvalue weighted by Crippen LogP contribution is -2.40. The molecule has 0 spiro atoms. The van der Waals surface area contributed by atoms with Crippen LogP contribution in [-0.4, -0.2) is 28.9 Å². The summed E-state index contributed by atoms with van der Waals surface area (Å²) in [6.07, 6.45) is 0.359. The number of hydrogen-bond acceptors (Lipinski definition) is 2. The summed E-state index contributed by atoms with van der Waals surface area (Å²) >= 11 is 5.15. The van der Waals surface area contributed by atoms with Crippen LogP contribution in [0.5, 0.6) is 0 Å². The lowest BCUT2D eigenvalue weighted by Gasteiger charge is -2.09. The van der Waals surface area contributed by atoms with Crippen molar-refractivity contribution in [1.82, 2.24) is 5.32 Å². The predicted molar refractivity (Wildman–Crippen MR) is 40.6 cm³/mol. The van der Waals surface area contributed by atoms with Gasteiger partial charge in [-0.25, -0.2) is 4.79 Å². The van der Waals surface area contributed by atoms with Gasteiger partial charge in [0.15, 0.2) is 0 Å². The minimum Gasteiger partial charge on any atom is -0.480 e. The molecule has 0 aliphatic heterocycles. The van der Waals surface area contributed by atoms with Crippen LogP contribution in [0.2, 0.25) is 0 Å². The molecule has 0 aliphatic carbocycles. The fraction of sp³-hybridized carbons (Fsp3) is 0.667. The third kappa shape index (κ3) is 3.83. The van der Waals surface area contributed by atoms with Gasteiger partial charge in [0.1, 0.15) is 11.9 Å². The van der Waals surface area contributed by atoms with Gasteiger partial charge in [-0.2, -0.15) is 0 Å². The quantitative estimate of drug-likeness (QED) is 0.606. The second kappa shape index (κ2) is 4.96. The third-order valence-corrected chi connectivity index (χ3v) is 1.41. The molecule has 1 amide bonds. The summed E-state index contributed by atoms with van der Waals surface area (Å²) in [6.45, 7) is 1.67. The Labute approximate surface area is 69.5 Å². The fourth-order valence-electron chi connectivity index (χ4n) is 0.571. The van der Waals surface area contributed by atoms with Gasteiger partial charge < -0.3 is 10.4 Å². The minimum atomic E-state index is -1.04. The van der Waals surface area contributed by atoms with Gasteiger partial charge in [0.25, 0.3) is 0 Å². The molecule has 0 aromatic heterocycles. The maximum absolute atomic E-state index is 10.6. The van der Waals surface area contributed by atoms with E-state index in [1.807, 2.05) is 0 Å². The molecule has 1 unspecified atom stereocenters. The highest BCUT2D eigenvalue weighted by Gasteiger charge is 2.16. The van der Waals surface area contributed by atoms with Crippen molar-refractivity contribution >= 4 is 23.5 Å². The van der Waals surface area contributed by atoms with E-state index < -0.39 is 17.9 Å². The van der Waals surface area contributed by atoms with Gasteiger partial charge in [-0.05, 0) is 6.42 Å². The van der Waals surface area contributed by atoms with Gasteiger partial charge in [-0.1, -0.05) is 6.92 Å². The smallest absolute Gasteiger partial charge is 0.326 e. The van der Waals surface area contributed by atoms with Gasteiger partial charge in [-0.15, -0.1) is 11.6 Å². The zero-order valence-electron chi connectivity index (χ0n) is 6.13. The molecule has 0 aromatic carbocycles. The van der Waals surface area contributed by atoms with Crippen molar-refractivity contribution in [2.24, 2.45) is 0 Å². The van der Waals surface area contributed by atoms with E-state index in [0.29, 0.717) is 6.42 Å². The summed E-state index contributed by atoms with van der Waals surface area (Å²) in [4.78, 5) is 20.9. The first kappa shape index (κ1) is 10.2. The largest absolute Gasteiger partial charge is 0.480 e. The number of halogens is 1. The summed E-state index contributed by atoms with van der Waals surface area (Å²) in [5, 5.41) is 10.7. The monoisotopic (exact) mass is 179 g/mol. The summed E-state index contributed by atoms with van der Waals surface area (Å²) in [7, 11) is 0. The highest BCUT2D eigenvalue weighted by Crippen LogP contribution is 1.90. The molecule has 0 aromatic rings. The van der Waals surface area contributed by atoms with Crippen LogP contribution in [0.1, 0.15) is 13.3 Å². The number of amides is 1. The Kier molecular flexibility index (Phi) is 4.61. The van der Waals surface area contributed by atoms with E-state index in [4.69, 9.17) is 16.7 Å². The second-order valence-electron chi connectivity index (χ2n) is 2.00. The summed E-state index contributed by atoms with van der Waals surface area (Å²) in [5.74, 6) is -1.70. The van der Waals surface area contributed by atoms with E-state index in [1.54, 1.807) is 6.92 Å². The lowest BCUT2D eigenvalue weighted by molar-refractivity contribution is -0.141. The number of alkyl halides is 1. The summed E-state index contributed by atoms with van der Waals surface area (Å²) in [5.41, 5.74) is 0. The van der Waals surface area contributed by atoms with Crippen LogP contribution in [0.15, 0.2) is 0 Å². The zero-order valence-corrected chi connectivity index (χ0v) is 6.89. The number of carboxylic acid groups (broad SMARTS) is 1. The van der Waals surface area contributed by atoms with Crippen molar-refractivity contribution in [1.29, 1.82) is 0 Å². The molecule has 0 saturated carbocycles. The molecule has 0 radical (unpaired) electrons. The Morgan fingerprint density at radius 2 is 2.18 bits per heavy atom. The van der Waals surface area contributed by atoms with Gasteiger partial charge in [0, 0.05) is 0 Å². The van der Waals surface area contributed by atoms with Gasteiger partial charge in [-0.3, -0.25) is 4.79 Å². The van der Waals surface area contributed by atoms with Crippen LogP contribution in [0.25, 0.3) is 0 Å². The maximum atomic E-state index is 10.6. The summed E-state index contributed by atoms with van der Waals surface area (Å²) < 4.78 is 0. The molecule has 0 fully saturated rings. The molecule has 0 aliphatic rings. The zero-order chi connectivity index (χ0) is 8.85. The number of rotatable bonds is 4. The average molecular weight is 180 g/mol. The molecular formula is C6H10ClNO3. The highest BCUT2D eigenvalue weighted by atomic mass is 35.5. The standard InChI is InChI=1S/C6H10ClNO3/c1-2-4(6(10)11)8-5(9)3-7/h4H,2-3H2,1H3,(H,8,9)(H,10,11). The number of nitrogens with one attached hydrogen (secondary N) is 1. The number of carboxylic acids is 1. The van der Waals surface area contributed by atoms with Crippen molar-refractivity contribution in [3.05, 3.63) is 0 Å². The van der Waals surface area contributed by atoms with Crippen LogP contribution in [-0.2, 0) is 9.59 Å². The molecule has 11 heavy (non-hydrogen) atoms. The van der Waals surface area contributed by atoms with Crippen molar-refractivity contribution in [3.63, 3.8) is 0 Å². The summed E-state index contributed by atoms with van der Waals surface area (Å²) in [6, 6.07) is -0.818. The SMILES string of the molecule is CCC(NC(=O)CCl)C(=O)O. The molecular weight excluding hydrogens is 170 g/mol. The first-order chi connectivity index (χ1) is 5.11. The molecule has 5 heteroatoms. The average Bonchev–Trinajstić information content (AvgIpc) is 1.99. The Morgan fingerprint density at radius 1 is 1.64 bits per heavy atom. The van der Waals surface area contributed by atoms with Crippen LogP contribution in [0.4, 0.5) is 0 Å². The van der Waals surface area contributed by atoms with Gasteiger partial charge in [0.05, 0.1) is 0 Å². The molecule has 1 atom stereocenters.